The first-order valence-electron chi connectivity index (χ1n) is 6.39. The fourth-order valence-corrected chi connectivity index (χ4v) is 1.94. The zero-order valence-corrected chi connectivity index (χ0v) is 10.9. The molecule has 1 atom stereocenters. The lowest BCUT2D eigenvalue weighted by atomic mass is 10.1. The van der Waals surface area contributed by atoms with Gasteiger partial charge >= 0.3 is 0 Å². The van der Waals surface area contributed by atoms with E-state index in [-0.39, 0.29) is 5.92 Å². The fraction of sp³-hybridized carbons (Fsp3) is 0.667. The summed E-state index contributed by atoms with van der Waals surface area (Å²) in [6.45, 7) is 5.70. The molecule has 0 amide bonds. The van der Waals surface area contributed by atoms with Crippen LogP contribution >= 0.6 is 0 Å². The first kappa shape index (κ1) is 13.0. The van der Waals surface area contributed by atoms with E-state index in [4.69, 9.17) is 10.6 Å². The van der Waals surface area contributed by atoms with Crippen LogP contribution in [0, 0.1) is 0 Å². The molecule has 1 fully saturated rings. The Labute approximate surface area is 107 Å². The predicted octanol–water partition coefficient (Wildman–Crippen LogP) is 1.48. The minimum absolute atomic E-state index is 0.265. The van der Waals surface area contributed by atoms with E-state index >= 15 is 0 Å². The topological polar surface area (TPSA) is 85.1 Å². The van der Waals surface area contributed by atoms with Crippen molar-refractivity contribution in [2.24, 2.45) is 5.84 Å². The van der Waals surface area contributed by atoms with E-state index < -0.39 is 0 Å². The number of ether oxygens (including phenoxy) is 1. The Hall–Kier alpha value is -1.40. The molecular weight excluding hydrogens is 230 g/mol. The minimum Gasteiger partial charge on any atom is -0.379 e. The molecule has 0 spiro atoms. The molecule has 2 heterocycles. The SMILES string of the molecule is CC(C)c1nc(NN)cc(NC2CCCOC2)n1. The number of nitrogens with two attached hydrogens (primary N) is 1. The highest BCUT2D eigenvalue weighted by atomic mass is 16.5. The quantitative estimate of drug-likeness (QED) is 0.555. The molecule has 0 saturated carbocycles. The third kappa shape index (κ3) is 3.30. The summed E-state index contributed by atoms with van der Waals surface area (Å²) in [5.41, 5.74) is 2.58. The summed E-state index contributed by atoms with van der Waals surface area (Å²) in [5, 5.41) is 3.38. The van der Waals surface area contributed by atoms with Crippen LogP contribution < -0.4 is 16.6 Å². The van der Waals surface area contributed by atoms with Gasteiger partial charge in [0.1, 0.15) is 17.5 Å². The summed E-state index contributed by atoms with van der Waals surface area (Å²) >= 11 is 0. The summed E-state index contributed by atoms with van der Waals surface area (Å²) in [6.07, 6.45) is 2.19. The summed E-state index contributed by atoms with van der Waals surface area (Å²) < 4.78 is 5.44. The molecule has 0 radical (unpaired) electrons. The minimum atomic E-state index is 0.265. The molecule has 1 aliphatic heterocycles. The summed E-state index contributed by atoms with van der Waals surface area (Å²) in [5.74, 6) is 7.91. The highest BCUT2D eigenvalue weighted by molar-refractivity contribution is 5.47. The number of nitrogens with zero attached hydrogens (tertiary/aromatic N) is 2. The van der Waals surface area contributed by atoms with Gasteiger partial charge in [-0.05, 0) is 12.8 Å². The van der Waals surface area contributed by atoms with E-state index in [0.29, 0.717) is 11.9 Å². The molecule has 18 heavy (non-hydrogen) atoms. The second-order valence-corrected chi connectivity index (χ2v) is 4.85. The van der Waals surface area contributed by atoms with Gasteiger partial charge < -0.3 is 15.5 Å². The first-order valence-corrected chi connectivity index (χ1v) is 6.39. The molecule has 1 aliphatic rings. The van der Waals surface area contributed by atoms with Crippen LogP contribution in [0.2, 0.25) is 0 Å². The second kappa shape index (κ2) is 5.97. The Morgan fingerprint density at radius 3 is 2.78 bits per heavy atom. The maximum Gasteiger partial charge on any atom is 0.145 e. The van der Waals surface area contributed by atoms with Gasteiger partial charge in [0.15, 0.2) is 0 Å². The van der Waals surface area contributed by atoms with Crippen LogP contribution in [0.25, 0.3) is 0 Å². The van der Waals surface area contributed by atoms with Crippen LogP contribution in [-0.2, 0) is 4.74 Å². The number of nitrogens with one attached hydrogen (secondary N) is 2. The summed E-state index contributed by atoms with van der Waals surface area (Å²) in [6, 6.07) is 2.14. The lowest BCUT2D eigenvalue weighted by Gasteiger charge is -2.24. The number of nitrogen functional groups attached to an aromatic ring is 1. The molecule has 6 nitrogen and oxygen atoms in total. The Kier molecular flexibility index (Phi) is 4.33. The Morgan fingerprint density at radius 2 is 2.17 bits per heavy atom. The van der Waals surface area contributed by atoms with Gasteiger partial charge in [-0.1, -0.05) is 13.8 Å². The van der Waals surface area contributed by atoms with Crippen molar-refractivity contribution < 1.29 is 4.74 Å². The average molecular weight is 251 g/mol. The molecule has 1 aromatic heterocycles. The number of hydrogen-bond donors (Lipinski definition) is 3. The van der Waals surface area contributed by atoms with E-state index in [1.807, 2.05) is 6.07 Å². The molecule has 2 rings (SSSR count). The fourth-order valence-electron chi connectivity index (χ4n) is 1.94. The van der Waals surface area contributed by atoms with Crippen LogP contribution in [0.5, 0.6) is 0 Å². The van der Waals surface area contributed by atoms with Crippen LogP contribution in [0.15, 0.2) is 6.07 Å². The van der Waals surface area contributed by atoms with E-state index in [1.54, 1.807) is 0 Å². The Bertz CT molecular complexity index is 390. The van der Waals surface area contributed by atoms with E-state index in [0.717, 1.165) is 37.7 Å². The Balaban J connectivity index is 2.12. The van der Waals surface area contributed by atoms with Crippen LogP contribution in [0.4, 0.5) is 11.6 Å². The van der Waals surface area contributed by atoms with Crippen molar-refractivity contribution in [3.05, 3.63) is 11.9 Å². The van der Waals surface area contributed by atoms with Gasteiger partial charge in [0, 0.05) is 18.6 Å². The Morgan fingerprint density at radius 1 is 1.39 bits per heavy atom. The number of rotatable bonds is 4. The van der Waals surface area contributed by atoms with Gasteiger partial charge in [-0.3, -0.25) is 0 Å². The number of aromatic nitrogens is 2. The van der Waals surface area contributed by atoms with Crippen LogP contribution in [0.3, 0.4) is 0 Å². The molecular formula is C12H21N5O. The smallest absolute Gasteiger partial charge is 0.145 e. The van der Waals surface area contributed by atoms with Crippen molar-refractivity contribution in [1.29, 1.82) is 0 Å². The van der Waals surface area contributed by atoms with Crippen molar-refractivity contribution in [3.8, 4) is 0 Å². The lowest BCUT2D eigenvalue weighted by Crippen LogP contribution is -2.30. The van der Waals surface area contributed by atoms with Crippen molar-refractivity contribution in [3.63, 3.8) is 0 Å². The molecule has 4 N–H and O–H groups in total. The van der Waals surface area contributed by atoms with Crippen molar-refractivity contribution in [1.82, 2.24) is 9.97 Å². The van der Waals surface area contributed by atoms with Crippen molar-refractivity contribution in [2.75, 3.05) is 24.0 Å². The highest BCUT2D eigenvalue weighted by Crippen LogP contribution is 2.18. The third-order valence-electron chi connectivity index (χ3n) is 2.92. The first-order chi connectivity index (χ1) is 8.69. The third-order valence-corrected chi connectivity index (χ3v) is 2.92. The largest absolute Gasteiger partial charge is 0.379 e. The molecule has 1 saturated heterocycles. The van der Waals surface area contributed by atoms with Crippen molar-refractivity contribution >= 4 is 11.6 Å². The predicted molar refractivity (Wildman–Crippen MR) is 71.4 cm³/mol. The lowest BCUT2D eigenvalue weighted by molar-refractivity contribution is 0.0875. The molecule has 0 bridgehead atoms. The van der Waals surface area contributed by atoms with Gasteiger partial charge in [0.2, 0.25) is 0 Å². The summed E-state index contributed by atoms with van der Waals surface area (Å²) in [7, 11) is 0. The van der Waals surface area contributed by atoms with Gasteiger partial charge in [-0.15, -0.1) is 0 Å². The normalized spacial score (nSPS) is 19.9. The average Bonchev–Trinajstić information content (AvgIpc) is 2.39. The summed E-state index contributed by atoms with van der Waals surface area (Å²) in [4.78, 5) is 8.83. The standard InChI is InChI=1S/C12H21N5O/c1-8(2)12-15-10(6-11(16-12)17-13)14-9-4-3-5-18-7-9/h6,8-9H,3-5,7,13H2,1-2H3,(H2,14,15,16,17). The highest BCUT2D eigenvalue weighted by Gasteiger charge is 2.15. The molecule has 1 aromatic rings. The maximum atomic E-state index is 5.44. The number of hydrazine groups is 1. The van der Waals surface area contributed by atoms with E-state index in [1.165, 1.54) is 0 Å². The van der Waals surface area contributed by atoms with Gasteiger partial charge in [0.25, 0.3) is 0 Å². The van der Waals surface area contributed by atoms with Crippen LogP contribution in [-0.4, -0.2) is 29.2 Å². The second-order valence-electron chi connectivity index (χ2n) is 4.85. The molecule has 0 aliphatic carbocycles. The van der Waals surface area contributed by atoms with Crippen LogP contribution in [0.1, 0.15) is 38.4 Å². The molecule has 1 unspecified atom stereocenters. The van der Waals surface area contributed by atoms with Gasteiger partial charge in [0.05, 0.1) is 12.6 Å². The number of hydrogen-bond acceptors (Lipinski definition) is 6. The van der Waals surface area contributed by atoms with Gasteiger partial charge in [-0.25, -0.2) is 15.8 Å². The molecule has 100 valence electrons. The van der Waals surface area contributed by atoms with Crippen molar-refractivity contribution in [2.45, 2.75) is 38.6 Å². The molecule has 0 aromatic carbocycles. The zero-order valence-electron chi connectivity index (χ0n) is 10.9. The van der Waals surface area contributed by atoms with E-state index in [2.05, 4.69) is 34.6 Å². The maximum absolute atomic E-state index is 5.44. The monoisotopic (exact) mass is 251 g/mol. The zero-order chi connectivity index (χ0) is 13.0. The number of anilines is 2. The van der Waals surface area contributed by atoms with Gasteiger partial charge in [-0.2, -0.15) is 0 Å². The molecule has 6 heteroatoms. The van der Waals surface area contributed by atoms with E-state index in [9.17, 15) is 0 Å².